The molecule has 1 aromatic heterocycles. The Morgan fingerprint density at radius 3 is 2.68 bits per heavy atom. The highest BCUT2D eigenvalue weighted by Gasteiger charge is 2.12. The van der Waals surface area contributed by atoms with Crippen molar-refractivity contribution in [1.82, 2.24) is 4.57 Å². The van der Waals surface area contributed by atoms with E-state index in [1.807, 2.05) is 25.1 Å². The van der Waals surface area contributed by atoms with E-state index in [-0.39, 0.29) is 11.8 Å². The van der Waals surface area contributed by atoms with E-state index in [0.29, 0.717) is 18.0 Å². The van der Waals surface area contributed by atoms with Crippen LogP contribution in [-0.4, -0.2) is 4.57 Å². The van der Waals surface area contributed by atoms with Crippen LogP contribution in [0, 0.1) is 5.92 Å². The predicted octanol–water partition coefficient (Wildman–Crippen LogP) is 3.05. The SMILES string of the molecule is CCn1c(=O)oc2cc(C(N)CCC(C)C)ccc21. The van der Waals surface area contributed by atoms with Crippen molar-refractivity contribution < 1.29 is 4.42 Å². The topological polar surface area (TPSA) is 61.2 Å². The first-order valence-electron chi connectivity index (χ1n) is 6.91. The van der Waals surface area contributed by atoms with Crippen LogP contribution in [-0.2, 0) is 6.54 Å². The summed E-state index contributed by atoms with van der Waals surface area (Å²) in [6.07, 6.45) is 2.04. The maximum Gasteiger partial charge on any atom is 0.419 e. The van der Waals surface area contributed by atoms with E-state index in [0.717, 1.165) is 23.9 Å². The van der Waals surface area contributed by atoms with Crippen LogP contribution in [0.2, 0.25) is 0 Å². The first-order chi connectivity index (χ1) is 9.02. The van der Waals surface area contributed by atoms with Gasteiger partial charge in [0.2, 0.25) is 0 Å². The fourth-order valence-electron chi connectivity index (χ4n) is 2.29. The predicted molar refractivity (Wildman–Crippen MR) is 77.1 cm³/mol. The Labute approximate surface area is 113 Å². The number of nitrogens with two attached hydrogens (primary N) is 1. The fourth-order valence-corrected chi connectivity index (χ4v) is 2.29. The van der Waals surface area contributed by atoms with E-state index < -0.39 is 0 Å². The molecule has 19 heavy (non-hydrogen) atoms. The number of benzene rings is 1. The molecule has 2 rings (SSSR count). The Morgan fingerprint density at radius 2 is 2.05 bits per heavy atom. The third-order valence-corrected chi connectivity index (χ3v) is 3.49. The average molecular weight is 262 g/mol. The Kier molecular flexibility index (Phi) is 4.10. The maximum atomic E-state index is 11.6. The largest absolute Gasteiger partial charge is 0.419 e. The molecule has 2 N–H and O–H groups in total. The molecule has 0 spiro atoms. The lowest BCUT2D eigenvalue weighted by atomic mass is 9.98. The van der Waals surface area contributed by atoms with Gasteiger partial charge in [-0.25, -0.2) is 4.79 Å². The van der Waals surface area contributed by atoms with Crippen LogP contribution in [0.4, 0.5) is 0 Å². The molecule has 0 aliphatic rings. The van der Waals surface area contributed by atoms with Gasteiger partial charge in [-0.2, -0.15) is 0 Å². The minimum absolute atomic E-state index is 0.00192. The molecule has 0 amide bonds. The molecule has 4 heteroatoms. The number of aryl methyl sites for hydroxylation is 1. The second kappa shape index (κ2) is 5.61. The molecule has 1 aromatic carbocycles. The molecule has 0 aliphatic carbocycles. The molecule has 1 unspecified atom stereocenters. The van der Waals surface area contributed by atoms with Crippen molar-refractivity contribution in [3.05, 3.63) is 34.3 Å². The zero-order chi connectivity index (χ0) is 14.0. The maximum absolute atomic E-state index is 11.6. The molecule has 0 bridgehead atoms. The fraction of sp³-hybridized carbons (Fsp3) is 0.533. The zero-order valence-corrected chi connectivity index (χ0v) is 11.8. The standard InChI is InChI=1S/C15H22N2O2/c1-4-17-13-8-6-11(9-14(13)19-15(17)18)12(16)7-5-10(2)3/h6,8-10,12H,4-5,7,16H2,1-3H3. The van der Waals surface area contributed by atoms with Crippen LogP contribution in [0.15, 0.2) is 27.4 Å². The summed E-state index contributed by atoms with van der Waals surface area (Å²) in [4.78, 5) is 11.6. The van der Waals surface area contributed by atoms with Gasteiger partial charge in [-0.15, -0.1) is 0 Å². The Balaban J connectivity index is 2.29. The first-order valence-corrected chi connectivity index (χ1v) is 6.91. The van der Waals surface area contributed by atoms with E-state index in [1.54, 1.807) is 4.57 Å². The zero-order valence-electron chi connectivity index (χ0n) is 11.8. The monoisotopic (exact) mass is 262 g/mol. The number of rotatable bonds is 5. The van der Waals surface area contributed by atoms with Gasteiger partial charge in [0.25, 0.3) is 0 Å². The highest BCUT2D eigenvalue weighted by atomic mass is 16.4. The van der Waals surface area contributed by atoms with Gasteiger partial charge in [0.15, 0.2) is 5.58 Å². The van der Waals surface area contributed by atoms with E-state index in [1.165, 1.54) is 0 Å². The Hall–Kier alpha value is -1.55. The van der Waals surface area contributed by atoms with Crippen molar-refractivity contribution in [2.45, 2.75) is 46.2 Å². The van der Waals surface area contributed by atoms with Crippen LogP contribution in [0.5, 0.6) is 0 Å². The van der Waals surface area contributed by atoms with Crippen molar-refractivity contribution in [2.24, 2.45) is 11.7 Å². The molecular formula is C15H22N2O2. The highest BCUT2D eigenvalue weighted by Crippen LogP contribution is 2.22. The number of aromatic nitrogens is 1. The number of hydrogen-bond acceptors (Lipinski definition) is 3. The van der Waals surface area contributed by atoms with Crippen LogP contribution in [0.25, 0.3) is 11.1 Å². The molecule has 1 atom stereocenters. The molecule has 0 aliphatic heterocycles. The molecule has 0 fully saturated rings. The third kappa shape index (κ3) is 2.89. The Morgan fingerprint density at radius 1 is 1.32 bits per heavy atom. The number of hydrogen-bond donors (Lipinski definition) is 1. The van der Waals surface area contributed by atoms with E-state index >= 15 is 0 Å². The average Bonchev–Trinajstić information content (AvgIpc) is 2.69. The van der Waals surface area contributed by atoms with Crippen LogP contribution in [0.1, 0.15) is 45.2 Å². The molecule has 0 saturated carbocycles. The van der Waals surface area contributed by atoms with E-state index in [4.69, 9.17) is 10.2 Å². The molecule has 1 heterocycles. The molecule has 4 nitrogen and oxygen atoms in total. The van der Waals surface area contributed by atoms with Gasteiger partial charge in [-0.3, -0.25) is 4.57 Å². The lowest BCUT2D eigenvalue weighted by Gasteiger charge is -2.13. The number of oxazole rings is 1. The van der Waals surface area contributed by atoms with Gasteiger partial charge in [-0.1, -0.05) is 19.9 Å². The summed E-state index contributed by atoms with van der Waals surface area (Å²) in [6.45, 7) is 6.93. The van der Waals surface area contributed by atoms with Gasteiger partial charge < -0.3 is 10.2 Å². The highest BCUT2D eigenvalue weighted by molar-refractivity contribution is 5.73. The van der Waals surface area contributed by atoms with Gasteiger partial charge in [0, 0.05) is 12.6 Å². The van der Waals surface area contributed by atoms with Crippen LogP contribution < -0.4 is 11.5 Å². The first kappa shape index (κ1) is 13.9. The van der Waals surface area contributed by atoms with E-state index in [9.17, 15) is 4.79 Å². The molecule has 0 saturated heterocycles. The van der Waals surface area contributed by atoms with Crippen molar-refractivity contribution in [2.75, 3.05) is 0 Å². The van der Waals surface area contributed by atoms with Crippen molar-refractivity contribution in [3.63, 3.8) is 0 Å². The number of fused-ring (bicyclic) bond motifs is 1. The molecule has 104 valence electrons. The van der Waals surface area contributed by atoms with Gasteiger partial charge >= 0.3 is 5.76 Å². The summed E-state index contributed by atoms with van der Waals surface area (Å²) in [5.41, 5.74) is 8.69. The number of nitrogens with zero attached hydrogens (tertiary/aromatic N) is 1. The minimum Gasteiger partial charge on any atom is -0.408 e. The van der Waals surface area contributed by atoms with Crippen molar-refractivity contribution >= 4 is 11.1 Å². The minimum atomic E-state index is -0.301. The smallest absolute Gasteiger partial charge is 0.408 e. The van der Waals surface area contributed by atoms with Gasteiger partial charge in [0.1, 0.15) is 0 Å². The quantitative estimate of drug-likeness (QED) is 0.900. The lowest BCUT2D eigenvalue weighted by molar-refractivity contribution is 0.504. The van der Waals surface area contributed by atoms with Gasteiger partial charge in [-0.05, 0) is 43.4 Å². The lowest BCUT2D eigenvalue weighted by Crippen LogP contribution is -2.12. The van der Waals surface area contributed by atoms with Crippen molar-refractivity contribution in [1.29, 1.82) is 0 Å². The van der Waals surface area contributed by atoms with Crippen LogP contribution >= 0.6 is 0 Å². The molecular weight excluding hydrogens is 240 g/mol. The summed E-state index contributed by atoms with van der Waals surface area (Å²) in [5, 5.41) is 0. The second-order valence-electron chi connectivity index (χ2n) is 5.42. The van der Waals surface area contributed by atoms with Crippen LogP contribution in [0.3, 0.4) is 0 Å². The third-order valence-electron chi connectivity index (χ3n) is 3.49. The molecule has 0 radical (unpaired) electrons. The summed E-state index contributed by atoms with van der Waals surface area (Å²) >= 11 is 0. The normalized spacial score (nSPS) is 13.3. The van der Waals surface area contributed by atoms with Gasteiger partial charge in [0.05, 0.1) is 5.52 Å². The van der Waals surface area contributed by atoms with Crippen molar-refractivity contribution in [3.8, 4) is 0 Å². The summed E-state index contributed by atoms with van der Waals surface area (Å²) in [6, 6.07) is 5.82. The summed E-state index contributed by atoms with van der Waals surface area (Å²) in [5.74, 6) is 0.347. The Bertz CT molecular complexity index is 610. The second-order valence-corrected chi connectivity index (χ2v) is 5.42. The molecule has 2 aromatic rings. The van der Waals surface area contributed by atoms with E-state index in [2.05, 4.69) is 13.8 Å². The summed E-state index contributed by atoms with van der Waals surface area (Å²) in [7, 11) is 0. The summed E-state index contributed by atoms with van der Waals surface area (Å²) < 4.78 is 6.88.